The van der Waals surface area contributed by atoms with Gasteiger partial charge in [-0.15, -0.1) is 11.3 Å². The highest BCUT2D eigenvalue weighted by atomic mass is 79.9. The Balaban J connectivity index is 2.07. The van der Waals surface area contributed by atoms with Gasteiger partial charge in [0.25, 0.3) is 0 Å². The highest BCUT2D eigenvalue weighted by Crippen LogP contribution is 2.44. The van der Waals surface area contributed by atoms with Crippen LogP contribution in [0.3, 0.4) is 0 Å². The fourth-order valence-electron chi connectivity index (χ4n) is 1.87. The van der Waals surface area contributed by atoms with E-state index in [1.54, 1.807) is 6.07 Å². The van der Waals surface area contributed by atoms with Crippen LogP contribution in [0.15, 0.2) is 22.7 Å². The lowest BCUT2D eigenvalue weighted by Gasteiger charge is -1.99. The fraction of sp³-hybridized carbons (Fsp3) is 0.231. The molecule has 0 amide bonds. The van der Waals surface area contributed by atoms with Crippen LogP contribution >= 0.6 is 38.9 Å². The molecule has 19 heavy (non-hydrogen) atoms. The van der Waals surface area contributed by atoms with E-state index in [0.717, 1.165) is 33.6 Å². The molecule has 0 radical (unpaired) electrons. The van der Waals surface area contributed by atoms with Crippen LogP contribution in [0.2, 0.25) is 5.02 Å². The molecule has 0 unspecified atom stereocenters. The number of benzene rings is 1. The molecular weight excluding hydrogens is 350 g/mol. The Morgan fingerprint density at radius 3 is 2.79 bits per heavy atom. The molecule has 0 atom stereocenters. The van der Waals surface area contributed by atoms with Gasteiger partial charge in [-0.05, 0) is 40.9 Å². The van der Waals surface area contributed by atoms with Gasteiger partial charge in [-0.3, -0.25) is 0 Å². The molecule has 6 heteroatoms. The summed E-state index contributed by atoms with van der Waals surface area (Å²) in [7, 11) is 0. The summed E-state index contributed by atoms with van der Waals surface area (Å²) in [6.45, 7) is 0. The van der Waals surface area contributed by atoms with Crippen LogP contribution in [0.4, 0.5) is 0 Å². The second kappa shape index (κ2) is 4.89. The molecule has 2 aromatic rings. The Kier molecular flexibility index (Phi) is 3.37. The number of carboxylic acid groups (broad SMARTS) is 1. The van der Waals surface area contributed by atoms with Crippen molar-refractivity contribution in [1.29, 1.82) is 0 Å². The van der Waals surface area contributed by atoms with E-state index in [1.165, 1.54) is 11.3 Å². The first-order valence-corrected chi connectivity index (χ1v) is 7.74. The van der Waals surface area contributed by atoms with Crippen molar-refractivity contribution in [2.75, 3.05) is 0 Å². The zero-order valence-corrected chi connectivity index (χ0v) is 12.8. The summed E-state index contributed by atoms with van der Waals surface area (Å²) < 4.78 is 0.784. The molecular formula is C13H9BrClNO2S. The van der Waals surface area contributed by atoms with Gasteiger partial charge in [0.1, 0.15) is 9.88 Å². The third kappa shape index (κ3) is 2.55. The molecule has 1 aromatic heterocycles. The molecule has 1 aliphatic rings. The van der Waals surface area contributed by atoms with Crippen LogP contribution in [0.25, 0.3) is 10.6 Å². The van der Waals surface area contributed by atoms with E-state index in [0.29, 0.717) is 15.8 Å². The largest absolute Gasteiger partial charge is 0.477 e. The standard InChI is InChI=1S/C13H9BrClNO2S/c14-8-5-7(3-4-9(8)15)12-16-10(6-1-2-6)11(19-12)13(17)18/h3-6H,1-2H2,(H,17,18). The third-order valence-corrected chi connectivity index (χ3v) is 5.30. The normalized spacial score (nSPS) is 14.6. The monoisotopic (exact) mass is 357 g/mol. The number of hydrogen-bond acceptors (Lipinski definition) is 3. The van der Waals surface area contributed by atoms with Crippen LogP contribution in [-0.2, 0) is 0 Å². The average Bonchev–Trinajstić information content (AvgIpc) is 3.11. The van der Waals surface area contributed by atoms with Gasteiger partial charge in [-0.1, -0.05) is 17.7 Å². The minimum atomic E-state index is -0.890. The quantitative estimate of drug-likeness (QED) is 0.857. The molecule has 0 aliphatic heterocycles. The van der Waals surface area contributed by atoms with E-state index in [4.69, 9.17) is 11.6 Å². The van der Waals surface area contributed by atoms with Crippen molar-refractivity contribution in [3.8, 4) is 10.6 Å². The molecule has 1 saturated carbocycles. The van der Waals surface area contributed by atoms with Gasteiger partial charge in [0.2, 0.25) is 0 Å². The first-order chi connectivity index (χ1) is 9.06. The summed E-state index contributed by atoms with van der Waals surface area (Å²) in [6, 6.07) is 5.50. The summed E-state index contributed by atoms with van der Waals surface area (Å²) in [6.07, 6.45) is 2.07. The van der Waals surface area contributed by atoms with E-state index in [-0.39, 0.29) is 0 Å². The van der Waals surface area contributed by atoms with E-state index in [9.17, 15) is 9.90 Å². The Morgan fingerprint density at radius 2 is 2.21 bits per heavy atom. The van der Waals surface area contributed by atoms with Gasteiger partial charge in [0.15, 0.2) is 0 Å². The smallest absolute Gasteiger partial charge is 0.347 e. The van der Waals surface area contributed by atoms with E-state index >= 15 is 0 Å². The zero-order valence-electron chi connectivity index (χ0n) is 9.69. The Bertz CT molecular complexity index is 667. The first-order valence-electron chi connectivity index (χ1n) is 5.75. The van der Waals surface area contributed by atoms with E-state index in [1.807, 2.05) is 12.1 Å². The lowest BCUT2D eigenvalue weighted by molar-refractivity contribution is 0.0700. The minimum Gasteiger partial charge on any atom is -0.477 e. The molecule has 1 aromatic carbocycles. The van der Waals surface area contributed by atoms with Crippen molar-refractivity contribution in [2.45, 2.75) is 18.8 Å². The molecule has 1 fully saturated rings. The number of rotatable bonds is 3. The molecule has 3 rings (SSSR count). The number of aromatic carboxylic acids is 1. The van der Waals surface area contributed by atoms with Gasteiger partial charge in [-0.2, -0.15) is 0 Å². The summed E-state index contributed by atoms with van der Waals surface area (Å²) in [4.78, 5) is 16.1. The van der Waals surface area contributed by atoms with Crippen molar-refractivity contribution < 1.29 is 9.90 Å². The van der Waals surface area contributed by atoms with Crippen LogP contribution in [0.1, 0.15) is 34.1 Å². The third-order valence-electron chi connectivity index (χ3n) is 2.98. The summed E-state index contributed by atoms with van der Waals surface area (Å²) in [5, 5.41) is 10.6. The average molecular weight is 359 g/mol. The molecule has 98 valence electrons. The number of aromatic nitrogens is 1. The molecule has 0 saturated heterocycles. The fourth-order valence-corrected chi connectivity index (χ4v) is 3.35. The summed E-state index contributed by atoms with van der Waals surface area (Å²) in [5.74, 6) is -0.564. The number of thiazole rings is 1. The van der Waals surface area contributed by atoms with E-state index in [2.05, 4.69) is 20.9 Å². The first kappa shape index (κ1) is 13.1. The van der Waals surface area contributed by atoms with Crippen LogP contribution < -0.4 is 0 Å². The lowest BCUT2D eigenvalue weighted by Crippen LogP contribution is -1.97. The van der Waals surface area contributed by atoms with Gasteiger partial charge in [-0.25, -0.2) is 9.78 Å². The second-order valence-electron chi connectivity index (χ2n) is 4.44. The van der Waals surface area contributed by atoms with Crippen molar-refractivity contribution in [3.63, 3.8) is 0 Å². The maximum atomic E-state index is 11.3. The maximum Gasteiger partial charge on any atom is 0.347 e. The SMILES string of the molecule is O=C(O)c1sc(-c2ccc(Cl)c(Br)c2)nc1C1CC1. The summed E-state index contributed by atoms with van der Waals surface area (Å²) >= 11 is 10.6. The Morgan fingerprint density at radius 1 is 1.47 bits per heavy atom. The number of nitrogens with zero attached hydrogens (tertiary/aromatic N) is 1. The predicted octanol–water partition coefficient (Wildman–Crippen LogP) is 4.80. The Labute approximate surface area is 127 Å². The molecule has 3 nitrogen and oxygen atoms in total. The van der Waals surface area contributed by atoms with Crippen LogP contribution in [0, 0.1) is 0 Å². The molecule has 0 spiro atoms. The number of carboxylic acids is 1. The highest BCUT2D eigenvalue weighted by Gasteiger charge is 2.32. The molecule has 1 aliphatic carbocycles. The van der Waals surface area contributed by atoms with Crippen molar-refractivity contribution in [1.82, 2.24) is 4.98 Å². The summed E-state index contributed by atoms with van der Waals surface area (Å²) in [5.41, 5.74) is 1.62. The lowest BCUT2D eigenvalue weighted by atomic mass is 10.2. The van der Waals surface area contributed by atoms with Gasteiger partial charge in [0.05, 0.1) is 10.7 Å². The minimum absolute atomic E-state index is 0.326. The second-order valence-corrected chi connectivity index (χ2v) is 6.70. The van der Waals surface area contributed by atoms with Gasteiger partial charge in [0, 0.05) is 16.0 Å². The van der Waals surface area contributed by atoms with Gasteiger partial charge < -0.3 is 5.11 Å². The Hall–Kier alpha value is -0.910. The number of halogens is 2. The van der Waals surface area contributed by atoms with Crippen LogP contribution in [-0.4, -0.2) is 16.1 Å². The predicted molar refractivity (Wildman–Crippen MR) is 79.2 cm³/mol. The van der Waals surface area contributed by atoms with Crippen molar-refractivity contribution in [3.05, 3.63) is 38.3 Å². The number of hydrogen-bond donors (Lipinski definition) is 1. The molecule has 1 N–H and O–H groups in total. The molecule has 0 bridgehead atoms. The van der Waals surface area contributed by atoms with Crippen molar-refractivity contribution in [2.24, 2.45) is 0 Å². The van der Waals surface area contributed by atoms with Gasteiger partial charge >= 0.3 is 5.97 Å². The number of carbonyl (C=O) groups is 1. The topological polar surface area (TPSA) is 50.2 Å². The highest BCUT2D eigenvalue weighted by molar-refractivity contribution is 9.10. The zero-order chi connectivity index (χ0) is 13.6. The van der Waals surface area contributed by atoms with Crippen molar-refractivity contribution >= 4 is 44.8 Å². The maximum absolute atomic E-state index is 11.3. The van der Waals surface area contributed by atoms with E-state index < -0.39 is 5.97 Å². The van der Waals surface area contributed by atoms with Crippen LogP contribution in [0.5, 0.6) is 0 Å². The molecule has 1 heterocycles.